The van der Waals surface area contributed by atoms with Crippen molar-refractivity contribution in [1.82, 2.24) is 0 Å². The highest BCUT2D eigenvalue weighted by molar-refractivity contribution is 5.72. The van der Waals surface area contributed by atoms with Gasteiger partial charge in [0.25, 0.3) is 0 Å². The molecular formula is C7H6N2O. The van der Waals surface area contributed by atoms with Gasteiger partial charge in [0.1, 0.15) is 17.4 Å². The molecule has 0 aliphatic rings. The van der Waals surface area contributed by atoms with E-state index in [2.05, 4.69) is 0 Å². The molecule has 3 nitrogen and oxygen atoms in total. The number of furan rings is 1. The highest BCUT2D eigenvalue weighted by Gasteiger charge is 1.99. The molecule has 1 aromatic rings. The summed E-state index contributed by atoms with van der Waals surface area (Å²) in [6.07, 6.45) is 2.72. The lowest BCUT2D eigenvalue weighted by atomic mass is 10.2. The van der Waals surface area contributed by atoms with Crippen molar-refractivity contribution in [1.29, 1.82) is 5.26 Å². The van der Waals surface area contributed by atoms with Crippen molar-refractivity contribution in [3.63, 3.8) is 0 Å². The average molecular weight is 134 g/mol. The van der Waals surface area contributed by atoms with Gasteiger partial charge in [0, 0.05) is 6.20 Å². The van der Waals surface area contributed by atoms with Gasteiger partial charge in [-0.25, -0.2) is 0 Å². The van der Waals surface area contributed by atoms with E-state index >= 15 is 0 Å². The molecule has 2 N–H and O–H groups in total. The molecule has 3 heteroatoms. The van der Waals surface area contributed by atoms with Crippen molar-refractivity contribution in [2.24, 2.45) is 5.73 Å². The minimum absolute atomic E-state index is 0.352. The van der Waals surface area contributed by atoms with Gasteiger partial charge in [-0.05, 0) is 12.1 Å². The number of nitrogens with two attached hydrogens (primary N) is 1. The van der Waals surface area contributed by atoms with Crippen LogP contribution in [0.4, 0.5) is 0 Å². The molecule has 10 heavy (non-hydrogen) atoms. The van der Waals surface area contributed by atoms with E-state index in [1.54, 1.807) is 12.1 Å². The van der Waals surface area contributed by atoms with Crippen LogP contribution in [0.25, 0.3) is 5.57 Å². The fourth-order valence-corrected chi connectivity index (χ4v) is 0.606. The second kappa shape index (κ2) is 2.74. The Morgan fingerprint density at radius 3 is 3.00 bits per heavy atom. The van der Waals surface area contributed by atoms with Gasteiger partial charge in [-0.2, -0.15) is 5.26 Å². The number of hydrogen-bond acceptors (Lipinski definition) is 3. The van der Waals surface area contributed by atoms with Crippen LogP contribution in [0.2, 0.25) is 0 Å². The first kappa shape index (κ1) is 6.43. The summed E-state index contributed by atoms with van der Waals surface area (Å²) in [6, 6.07) is 5.28. The van der Waals surface area contributed by atoms with Crippen molar-refractivity contribution < 1.29 is 4.42 Å². The maximum Gasteiger partial charge on any atom is 0.145 e. The number of nitriles is 1. The SMILES string of the molecule is N#C/C(=C\N)c1ccco1. The van der Waals surface area contributed by atoms with Crippen molar-refractivity contribution in [2.45, 2.75) is 0 Å². The second-order valence-corrected chi connectivity index (χ2v) is 1.67. The molecule has 0 fully saturated rings. The number of allylic oxidation sites excluding steroid dienone is 1. The zero-order chi connectivity index (χ0) is 7.40. The highest BCUT2D eigenvalue weighted by Crippen LogP contribution is 2.11. The predicted molar refractivity (Wildman–Crippen MR) is 36.5 cm³/mol. The average Bonchev–Trinajstić information content (AvgIpc) is 2.43. The fourth-order valence-electron chi connectivity index (χ4n) is 0.606. The van der Waals surface area contributed by atoms with Crippen LogP contribution >= 0.6 is 0 Å². The smallest absolute Gasteiger partial charge is 0.145 e. The second-order valence-electron chi connectivity index (χ2n) is 1.67. The first-order chi connectivity index (χ1) is 4.88. The standard InChI is InChI=1S/C7H6N2O/c8-4-6(5-9)7-2-1-3-10-7/h1-4H,8H2/b6-4+. The molecule has 0 aliphatic heterocycles. The van der Waals surface area contributed by atoms with Crippen molar-refractivity contribution >= 4 is 5.57 Å². The van der Waals surface area contributed by atoms with E-state index in [0.717, 1.165) is 0 Å². The Hall–Kier alpha value is -1.69. The van der Waals surface area contributed by atoms with E-state index in [1.165, 1.54) is 12.5 Å². The summed E-state index contributed by atoms with van der Waals surface area (Å²) >= 11 is 0. The third kappa shape index (κ3) is 1.00. The van der Waals surface area contributed by atoms with Crippen LogP contribution in [0.3, 0.4) is 0 Å². The maximum absolute atomic E-state index is 8.44. The zero-order valence-electron chi connectivity index (χ0n) is 5.24. The summed E-state index contributed by atoms with van der Waals surface area (Å²) in [5, 5.41) is 8.44. The predicted octanol–water partition coefficient (Wildman–Crippen LogP) is 1.10. The van der Waals surface area contributed by atoms with E-state index in [4.69, 9.17) is 15.4 Å². The minimum atomic E-state index is 0.352. The molecule has 1 aromatic heterocycles. The molecule has 50 valence electrons. The number of hydrogen-bond donors (Lipinski definition) is 1. The van der Waals surface area contributed by atoms with Crippen LogP contribution in [0.5, 0.6) is 0 Å². The topological polar surface area (TPSA) is 63.0 Å². The Bertz CT molecular complexity index is 266. The normalized spacial score (nSPS) is 10.9. The molecule has 0 spiro atoms. The summed E-state index contributed by atoms with van der Waals surface area (Å²) in [4.78, 5) is 0. The lowest BCUT2D eigenvalue weighted by molar-refractivity contribution is 0.554. The van der Waals surface area contributed by atoms with E-state index in [-0.39, 0.29) is 0 Å². The summed E-state index contributed by atoms with van der Waals surface area (Å²) in [5.41, 5.74) is 5.48. The molecule has 0 bridgehead atoms. The van der Waals surface area contributed by atoms with Crippen LogP contribution in [-0.2, 0) is 0 Å². The first-order valence-electron chi connectivity index (χ1n) is 2.74. The lowest BCUT2D eigenvalue weighted by Gasteiger charge is -1.86. The van der Waals surface area contributed by atoms with E-state index in [9.17, 15) is 0 Å². The summed E-state index contributed by atoms with van der Waals surface area (Å²) in [5.74, 6) is 0.505. The van der Waals surface area contributed by atoms with E-state index < -0.39 is 0 Å². The first-order valence-corrected chi connectivity index (χ1v) is 2.74. The molecule has 1 rings (SSSR count). The zero-order valence-corrected chi connectivity index (χ0v) is 5.24. The maximum atomic E-state index is 8.44. The molecule has 0 amide bonds. The van der Waals surface area contributed by atoms with Gasteiger partial charge < -0.3 is 10.2 Å². The Kier molecular flexibility index (Phi) is 1.76. The van der Waals surface area contributed by atoms with Gasteiger partial charge in [0.2, 0.25) is 0 Å². The van der Waals surface area contributed by atoms with Gasteiger partial charge in [-0.1, -0.05) is 0 Å². The molecule has 0 saturated carbocycles. The fraction of sp³-hybridized carbons (Fsp3) is 0. The van der Waals surface area contributed by atoms with Gasteiger partial charge in [0.05, 0.1) is 6.26 Å². The number of rotatable bonds is 1. The summed E-state index contributed by atoms with van der Waals surface area (Å²) < 4.78 is 4.91. The minimum Gasteiger partial charge on any atom is -0.464 e. The van der Waals surface area contributed by atoms with Crippen LogP contribution in [-0.4, -0.2) is 0 Å². The van der Waals surface area contributed by atoms with Crippen LogP contribution in [0, 0.1) is 11.3 Å². The summed E-state index contributed by atoms with van der Waals surface area (Å²) in [7, 11) is 0. The molecule has 0 radical (unpaired) electrons. The van der Waals surface area contributed by atoms with Crippen LogP contribution < -0.4 is 5.73 Å². The van der Waals surface area contributed by atoms with Crippen molar-refractivity contribution in [3.05, 3.63) is 30.4 Å². The quantitative estimate of drug-likeness (QED) is 0.585. The lowest BCUT2D eigenvalue weighted by Crippen LogP contribution is -1.83. The molecule has 1 heterocycles. The van der Waals surface area contributed by atoms with E-state index in [0.29, 0.717) is 11.3 Å². The Morgan fingerprint density at radius 1 is 1.80 bits per heavy atom. The molecular weight excluding hydrogens is 128 g/mol. The Labute approximate surface area is 58.4 Å². The molecule has 0 aromatic carbocycles. The van der Waals surface area contributed by atoms with Crippen molar-refractivity contribution in [3.8, 4) is 6.07 Å². The Morgan fingerprint density at radius 2 is 2.60 bits per heavy atom. The Balaban J connectivity index is 2.99. The largest absolute Gasteiger partial charge is 0.464 e. The van der Waals surface area contributed by atoms with Gasteiger partial charge >= 0.3 is 0 Å². The molecule has 0 saturated heterocycles. The molecule has 0 atom stereocenters. The third-order valence-corrected chi connectivity index (χ3v) is 1.07. The number of nitrogens with zero attached hydrogens (tertiary/aromatic N) is 1. The monoisotopic (exact) mass is 134 g/mol. The van der Waals surface area contributed by atoms with Crippen LogP contribution in [0.1, 0.15) is 5.76 Å². The van der Waals surface area contributed by atoms with Gasteiger partial charge in [-0.3, -0.25) is 0 Å². The van der Waals surface area contributed by atoms with Gasteiger partial charge in [0.15, 0.2) is 0 Å². The van der Waals surface area contributed by atoms with Crippen LogP contribution in [0.15, 0.2) is 29.0 Å². The third-order valence-electron chi connectivity index (χ3n) is 1.07. The highest BCUT2D eigenvalue weighted by atomic mass is 16.3. The van der Waals surface area contributed by atoms with Gasteiger partial charge in [-0.15, -0.1) is 0 Å². The summed E-state index contributed by atoms with van der Waals surface area (Å²) in [6.45, 7) is 0. The van der Waals surface area contributed by atoms with E-state index in [1.807, 2.05) is 6.07 Å². The van der Waals surface area contributed by atoms with Crippen molar-refractivity contribution in [2.75, 3.05) is 0 Å². The molecule has 0 aliphatic carbocycles. The molecule has 0 unspecified atom stereocenters.